The molecular weight excluding hydrogens is 959 g/mol. The number of esters is 2. The number of hydrogen-bond acceptors (Lipinski definition) is 8. The lowest BCUT2D eigenvalue weighted by Gasteiger charge is -2.26. The molecule has 77 heavy (non-hydrogen) atoms. The molecule has 0 N–H and O–H groups in total. The third-order valence-electron chi connectivity index (χ3n) is 15.5. The highest BCUT2D eigenvalue weighted by Crippen LogP contribution is 2.19. The second kappa shape index (κ2) is 60.1. The number of quaternary nitrogens is 1. The van der Waals surface area contributed by atoms with Crippen molar-refractivity contribution in [2.45, 2.75) is 360 Å². The molecule has 0 rings (SSSR count). The molecule has 0 aliphatic heterocycles. The van der Waals surface area contributed by atoms with E-state index in [1.807, 2.05) is 21.1 Å². The van der Waals surface area contributed by atoms with Crippen LogP contribution in [0.1, 0.15) is 348 Å². The summed E-state index contributed by atoms with van der Waals surface area (Å²) in [5.74, 6) is -2.26. The Morgan fingerprint density at radius 3 is 0.961 bits per heavy atom. The van der Waals surface area contributed by atoms with Crippen LogP contribution in [-0.2, 0) is 33.3 Å². The fourth-order valence-corrected chi connectivity index (χ4v) is 10.3. The summed E-state index contributed by atoms with van der Waals surface area (Å²) in [7, 11) is 5.94. The first-order chi connectivity index (χ1) is 37.6. The van der Waals surface area contributed by atoms with Crippen LogP contribution in [0.5, 0.6) is 0 Å². The third kappa shape index (κ3) is 61.5. The summed E-state index contributed by atoms with van der Waals surface area (Å²) in [5.41, 5.74) is 0. The summed E-state index contributed by atoms with van der Waals surface area (Å²) >= 11 is 0. The maximum atomic E-state index is 12.9. The summed E-state index contributed by atoms with van der Waals surface area (Å²) in [6, 6.07) is 0. The molecule has 2 unspecified atom stereocenters. The first-order valence-electron chi connectivity index (χ1n) is 33.8. The topological polar surface area (TPSA) is 111 Å². The number of carboxylic acids is 1. The first-order valence-corrected chi connectivity index (χ1v) is 33.8. The van der Waals surface area contributed by atoms with Crippen LogP contribution < -0.4 is 5.11 Å². The number of ether oxygens (including phenoxy) is 4. The van der Waals surface area contributed by atoms with Gasteiger partial charge < -0.3 is 33.3 Å². The van der Waals surface area contributed by atoms with Gasteiger partial charge in [-0.05, 0) is 38.5 Å². The molecule has 0 saturated carbocycles. The molecule has 9 nitrogen and oxygen atoms in total. The number of hydrogen-bond donors (Lipinski definition) is 0. The average Bonchev–Trinajstić information content (AvgIpc) is 3.40. The minimum atomic E-state index is -1.62. The molecule has 0 aliphatic rings. The van der Waals surface area contributed by atoms with Crippen LogP contribution in [0.25, 0.3) is 0 Å². The van der Waals surface area contributed by atoms with Gasteiger partial charge in [0.2, 0.25) is 0 Å². The maximum absolute atomic E-state index is 12.9. The van der Waals surface area contributed by atoms with Crippen LogP contribution in [0.4, 0.5) is 0 Å². The number of aliphatic carboxylic acids is 1. The number of rotatable bonds is 64. The van der Waals surface area contributed by atoms with Gasteiger partial charge in [-0.2, -0.15) is 0 Å². The Morgan fingerprint density at radius 2 is 0.662 bits per heavy atom. The summed E-state index contributed by atoms with van der Waals surface area (Å²) in [6.07, 6.45) is 68.8. The number of carboxylic acid groups (broad SMARTS) is 1. The standard InChI is InChI=1S/C68H131NO8/c1-6-8-10-12-14-16-18-20-22-24-26-27-28-29-30-31-32-33-34-35-36-37-38-39-40-41-43-44-46-48-50-52-54-56-58-65(70)75-62-64(63-76-68(67(72)73)74-61-60-69(3,4)5)77-66(71)59-57-55-53-51-49-47-45-42-25-23-21-19-17-15-13-11-9-7-2/h23,25,64,68H,6-22,24,26-63H2,1-5H3/b25-23-. The normalized spacial score (nSPS) is 12.7. The van der Waals surface area contributed by atoms with Crippen molar-refractivity contribution in [3.05, 3.63) is 12.2 Å². The molecular formula is C68H131NO8. The molecule has 9 heteroatoms. The molecule has 456 valence electrons. The predicted molar refractivity (Wildman–Crippen MR) is 325 cm³/mol. The van der Waals surface area contributed by atoms with Crippen molar-refractivity contribution < 1.29 is 42.9 Å². The largest absolute Gasteiger partial charge is 0.545 e. The molecule has 0 aromatic rings. The van der Waals surface area contributed by atoms with E-state index < -0.39 is 24.3 Å². The van der Waals surface area contributed by atoms with Crippen molar-refractivity contribution in [1.29, 1.82) is 0 Å². The lowest BCUT2D eigenvalue weighted by atomic mass is 10.0. The average molecular weight is 1090 g/mol. The van der Waals surface area contributed by atoms with E-state index in [0.717, 1.165) is 44.9 Å². The zero-order valence-corrected chi connectivity index (χ0v) is 52.1. The second-order valence-electron chi connectivity index (χ2n) is 24.5. The second-order valence-corrected chi connectivity index (χ2v) is 24.5. The highest BCUT2D eigenvalue weighted by molar-refractivity contribution is 5.70. The molecule has 0 spiro atoms. The van der Waals surface area contributed by atoms with Gasteiger partial charge in [-0.25, -0.2) is 0 Å². The number of allylic oxidation sites excluding steroid dienone is 2. The van der Waals surface area contributed by atoms with Crippen molar-refractivity contribution in [3.8, 4) is 0 Å². The minimum Gasteiger partial charge on any atom is -0.545 e. The van der Waals surface area contributed by atoms with Crippen LogP contribution in [0.3, 0.4) is 0 Å². The van der Waals surface area contributed by atoms with E-state index in [1.165, 1.54) is 270 Å². The molecule has 0 radical (unpaired) electrons. The van der Waals surface area contributed by atoms with Gasteiger partial charge in [-0.15, -0.1) is 0 Å². The lowest BCUT2D eigenvalue weighted by molar-refractivity contribution is -0.870. The fraction of sp³-hybridized carbons (Fsp3) is 0.926. The number of carbonyl (C=O) groups excluding carboxylic acids is 3. The van der Waals surface area contributed by atoms with E-state index in [0.29, 0.717) is 23.9 Å². The first kappa shape index (κ1) is 75.0. The van der Waals surface area contributed by atoms with Crippen LogP contribution in [-0.4, -0.2) is 82.3 Å². The van der Waals surface area contributed by atoms with Crippen molar-refractivity contribution in [3.63, 3.8) is 0 Å². The molecule has 0 heterocycles. The Balaban J connectivity index is 3.99. The van der Waals surface area contributed by atoms with Crippen molar-refractivity contribution in [2.24, 2.45) is 0 Å². The Labute approximate surface area is 478 Å². The third-order valence-corrected chi connectivity index (χ3v) is 15.5. The van der Waals surface area contributed by atoms with Gasteiger partial charge in [0.05, 0.1) is 40.3 Å². The number of carbonyl (C=O) groups is 3. The monoisotopic (exact) mass is 1090 g/mol. The highest BCUT2D eigenvalue weighted by Gasteiger charge is 2.22. The fourth-order valence-electron chi connectivity index (χ4n) is 10.3. The number of unbranched alkanes of at least 4 members (excludes halogenated alkanes) is 47. The highest BCUT2D eigenvalue weighted by atomic mass is 16.7. The zero-order valence-electron chi connectivity index (χ0n) is 52.1. The van der Waals surface area contributed by atoms with E-state index in [4.69, 9.17) is 18.9 Å². The van der Waals surface area contributed by atoms with Gasteiger partial charge in [0.1, 0.15) is 13.2 Å². The van der Waals surface area contributed by atoms with E-state index >= 15 is 0 Å². The molecule has 0 bridgehead atoms. The van der Waals surface area contributed by atoms with Crippen LogP contribution >= 0.6 is 0 Å². The molecule has 2 atom stereocenters. The van der Waals surface area contributed by atoms with Gasteiger partial charge in [0.25, 0.3) is 0 Å². The molecule has 0 aromatic carbocycles. The number of likely N-dealkylation sites (N-methyl/N-ethyl adjacent to an activating group) is 1. The van der Waals surface area contributed by atoms with E-state index in [-0.39, 0.29) is 32.2 Å². The summed E-state index contributed by atoms with van der Waals surface area (Å²) in [4.78, 5) is 37.4. The molecule has 0 aromatic heterocycles. The van der Waals surface area contributed by atoms with Gasteiger partial charge in [0.15, 0.2) is 12.4 Å². The smallest absolute Gasteiger partial charge is 0.306 e. The summed E-state index contributed by atoms with van der Waals surface area (Å²) < 4.78 is 22.8. The van der Waals surface area contributed by atoms with Crippen molar-refractivity contribution >= 4 is 17.9 Å². The van der Waals surface area contributed by atoms with Crippen LogP contribution in [0, 0.1) is 0 Å². The summed E-state index contributed by atoms with van der Waals surface area (Å²) in [5, 5.41) is 11.8. The van der Waals surface area contributed by atoms with Gasteiger partial charge in [-0.3, -0.25) is 9.59 Å². The quantitative estimate of drug-likeness (QED) is 0.0195. The van der Waals surface area contributed by atoms with E-state index in [1.54, 1.807) is 0 Å². The maximum Gasteiger partial charge on any atom is 0.306 e. The van der Waals surface area contributed by atoms with Crippen molar-refractivity contribution in [2.75, 3.05) is 47.5 Å². The van der Waals surface area contributed by atoms with Crippen molar-refractivity contribution in [1.82, 2.24) is 0 Å². The Kier molecular flexibility index (Phi) is 58.6. The molecule has 0 fully saturated rings. The molecule has 0 amide bonds. The number of nitrogens with zero attached hydrogens (tertiary/aromatic N) is 1. The van der Waals surface area contributed by atoms with Crippen LogP contribution in [0.15, 0.2) is 12.2 Å². The lowest BCUT2D eigenvalue weighted by Crippen LogP contribution is -2.44. The Morgan fingerprint density at radius 1 is 0.377 bits per heavy atom. The predicted octanol–water partition coefficient (Wildman–Crippen LogP) is 19.1. The minimum absolute atomic E-state index is 0.151. The van der Waals surface area contributed by atoms with Crippen LogP contribution in [0.2, 0.25) is 0 Å². The Bertz CT molecular complexity index is 1270. The van der Waals surface area contributed by atoms with Gasteiger partial charge in [-0.1, -0.05) is 309 Å². The van der Waals surface area contributed by atoms with E-state index in [2.05, 4.69) is 26.0 Å². The SMILES string of the molecule is CCCCCCCCC/C=C\CCCCCCCCCC(=O)OC(COC(=O)CCCCCCCCCCCCCCCCCCCCCCCCCCCCCCCCCCCC)COC(OCC[N+](C)(C)C)C(=O)[O-]. The van der Waals surface area contributed by atoms with E-state index in [9.17, 15) is 19.5 Å². The zero-order chi connectivity index (χ0) is 56.2. The van der Waals surface area contributed by atoms with Gasteiger partial charge in [0, 0.05) is 12.8 Å². The Hall–Kier alpha value is -1.97. The molecule has 0 saturated heterocycles. The van der Waals surface area contributed by atoms with Gasteiger partial charge >= 0.3 is 11.9 Å². The molecule has 0 aliphatic carbocycles. The summed E-state index contributed by atoms with van der Waals surface area (Å²) in [6.45, 7) is 4.81.